The molecule has 2 aliphatic rings. The molecule has 0 aliphatic carbocycles. The van der Waals surface area contributed by atoms with Gasteiger partial charge in [-0.05, 0) is 25.3 Å². The Morgan fingerprint density at radius 3 is 3.17 bits per heavy atom. The zero-order valence-corrected chi connectivity index (χ0v) is 10.5. The Labute approximate surface area is 106 Å². The number of rotatable bonds is 3. The molecule has 2 saturated heterocycles. The first-order valence-corrected chi connectivity index (χ1v) is 6.66. The first kappa shape index (κ1) is 11.6. The van der Waals surface area contributed by atoms with Crippen molar-refractivity contribution in [3.63, 3.8) is 0 Å². The molecule has 2 unspecified atom stereocenters. The van der Waals surface area contributed by atoms with E-state index >= 15 is 0 Å². The second kappa shape index (κ2) is 5.06. The van der Waals surface area contributed by atoms with Crippen molar-refractivity contribution in [2.24, 2.45) is 5.92 Å². The predicted molar refractivity (Wildman–Crippen MR) is 65.7 cm³/mol. The molecule has 0 saturated carbocycles. The van der Waals surface area contributed by atoms with Crippen molar-refractivity contribution >= 4 is 5.91 Å². The van der Waals surface area contributed by atoms with Crippen LogP contribution in [-0.2, 0) is 11.3 Å². The lowest BCUT2D eigenvalue weighted by Gasteiger charge is -2.24. The molecule has 2 atom stereocenters. The molecule has 3 heterocycles. The van der Waals surface area contributed by atoms with Crippen molar-refractivity contribution < 1.29 is 4.79 Å². The minimum absolute atomic E-state index is 0.238. The average molecular weight is 249 g/mol. The van der Waals surface area contributed by atoms with Crippen molar-refractivity contribution in [2.75, 3.05) is 19.6 Å². The molecule has 6 nitrogen and oxygen atoms in total. The third kappa shape index (κ3) is 2.38. The smallest absolute Gasteiger partial charge is 0.224 e. The fourth-order valence-corrected chi connectivity index (χ4v) is 2.97. The Morgan fingerprint density at radius 1 is 1.44 bits per heavy atom. The summed E-state index contributed by atoms with van der Waals surface area (Å²) >= 11 is 0. The summed E-state index contributed by atoms with van der Waals surface area (Å²) in [4.78, 5) is 18.0. The maximum absolute atomic E-state index is 12.1. The number of nitrogens with one attached hydrogen (secondary N) is 1. The summed E-state index contributed by atoms with van der Waals surface area (Å²) in [5.74, 6) is 0.899. The Morgan fingerprint density at radius 2 is 2.39 bits per heavy atom. The topological polar surface area (TPSA) is 63.1 Å². The largest absolute Gasteiger partial charge is 0.341 e. The summed E-state index contributed by atoms with van der Waals surface area (Å²) in [6.45, 7) is 3.52. The molecule has 2 fully saturated rings. The molecule has 3 rings (SSSR count). The van der Waals surface area contributed by atoms with E-state index in [1.165, 1.54) is 19.2 Å². The number of hydrogen-bond donors (Lipinski definition) is 1. The lowest BCUT2D eigenvalue weighted by atomic mass is 9.94. The van der Waals surface area contributed by atoms with Crippen LogP contribution >= 0.6 is 0 Å². The van der Waals surface area contributed by atoms with Gasteiger partial charge in [0.2, 0.25) is 5.91 Å². The molecule has 0 aromatic carbocycles. The normalized spacial score (nSPS) is 27.2. The van der Waals surface area contributed by atoms with Gasteiger partial charge in [-0.2, -0.15) is 5.10 Å². The van der Waals surface area contributed by atoms with Crippen LogP contribution in [0.4, 0.5) is 0 Å². The van der Waals surface area contributed by atoms with Crippen LogP contribution in [0.1, 0.15) is 19.3 Å². The number of hydrogen-bond acceptors (Lipinski definition) is 4. The van der Waals surface area contributed by atoms with Gasteiger partial charge in [0.05, 0.1) is 6.54 Å². The van der Waals surface area contributed by atoms with Crippen molar-refractivity contribution in [2.45, 2.75) is 31.8 Å². The molecule has 98 valence electrons. The van der Waals surface area contributed by atoms with E-state index in [2.05, 4.69) is 15.4 Å². The number of aryl methyl sites for hydroxylation is 1. The SMILES string of the molecule is O=C(CCn1cncn1)N1CC2CCCNC2C1. The number of nitrogens with zero attached hydrogens (tertiary/aromatic N) is 4. The first-order valence-electron chi connectivity index (χ1n) is 6.66. The highest BCUT2D eigenvalue weighted by Crippen LogP contribution is 2.25. The van der Waals surface area contributed by atoms with Gasteiger partial charge < -0.3 is 10.2 Å². The van der Waals surface area contributed by atoms with Gasteiger partial charge in [-0.3, -0.25) is 9.48 Å². The predicted octanol–water partition coefficient (Wildman–Crippen LogP) is -0.121. The highest BCUT2D eigenvalue weighted by molar-refractivity contribution is 5.76. The van der Waals surface area contributed by atoms with Gasteiger partial charge >= 0.3 is 0 Å². The maximum atomic E-state index is 12.1. The second-order valence-electron chi connectivity index (χ2n) is 5.17. The quantitative estimate of drug-likeness (QED) is 0.811. The van der Waals surface area contributed by atoms with Crippen molar-refractivity contribution in [3.05, 3.63) is 12.7 Å². The van der Waals surface area contributed by atoms with Gasteiger partial charge in [0.15, 0.2) is 0 Å². The highest BCUT2D eigenvalue weighted by Gasteiger charge is 2.35. The van der Waals surface area contributed by atoms with Crippen LogP contribution < -0.4 is 5.32 Å². The molecule has 0 radical (unpaired) electrons. The van der Waals surface area contributed by atoms with Crippen LogP contribution in [0.25, 0.3) is 0 Å². The molecular weight excluding hydrogens is 230 g/mol. The Balaban J connectivity index is 1.51. The van der Waals surface area contributed by atoms with E-state index in [4.69, 9.17) is 0 Å². The third-order valence-corrected chi connectivity index (χ3v) is 3.97. The molecule has 18 heavy (non-hydrogen) atoms. The lowest BCUT2D eigenvalue weighted by molar-refractivity contribution is -0.130. The molecule has 0 spiro atoms. The zero-order valence-electron chi connectivity index (χ0n) is 10.5. The monoisotopic (exact) mass is 249 g/mol. The van der Waals surface area contributed by atoms with Crippen LogP contribution in [0.5, 0.6) is 0 Å². The molecular formula is C12H19N5O. The first-order chi connectivity index (χ1) is 8.83. The summed E-state index contributed by atoms with van der Waals surface area (Å²) in [7, 11) is 0. The van der Waals surface area contributed by atoms with E-state index < -0.39 is 0 Å². The van der Waals surface area contributed by atoms with Crippen LogP contribution in [0.15, 0.2) is 12.7 Å². The lowest BCUT2D eigenvalue weighted by Crippen LogP contribution is -2.41. The van der Waals surface area contributed by atoms with E-state index in [0.717, 1.165) is 19.6 Å². The Kier molecular flexibility index (Phi) is 3.27. The number of piperidine rings is 1. The van der Waals surface area contributed by atoms with E-state index in [-0.39, 0.29) is 5.91 Å². The molecule has 2 aliphatic heterocycles. The van der Waals surface area contributed by atoms with Gasteiger partial charge in [0.25, 0.3) is 0 Å². The zero-order chi connectivity index (χ0) is 12.4. The fraction of sp³-hybridized carbons (Fsp3) is 0.750. The average Bonchev–Trinajstić information content (AvgIpc) is 3.04. The van der Waals surface area contributed by atoms with E-state index in [1.54, 1.807) is 11.0 Å². The molecule has 1 aromatic rings. The standard InChI is InChI=1S/C12H19N5O/c18-12(3-5-17-9-13-8-15-17)16-6-10-2-1-4-14-11(10)7-16/h8-11,14H,1-7H2. The summed E-state index contributed by atoms with van der Waals surface area (Å²) in [6, 6.07) is 0.522. The van der Waals surface area contributed by atoms with Gasteiger partial charge in [-0.25, -0.2) is 4.98 Å². The summed E-state index contributed by atoms with van der Waals surface area (Å²) < 4.78 is 1.71. The number of carbonyl (C=O) groups excluding carboxylic acids is 1. The number of likely N-dealkylation sites (tertiary alicyclic amines) is 1. The van der Waals surface area contributed by atoms with Crippen molar-refractivity contribution in [1.82, 2.24) is 25.0 Å². The summed E-state index contributed by atoms with van der Waals surface area (Å²) in [5, 5.41) is 7.52. The minimum Gasteiger partial charge on any atom is -0.341 e. The highest BCUT2D eigenvalue weighted by atomic mass is 16.2. The van der Waals surface area contributed by atoms with Crippen molar-refractivity contribution in [1.29, 1.82) is 0 Å². The Hall–Kier alpha value is -1.43. The molecule has 6 heteroatoms. The van der Waals surface area contributed by atoms with Crippen molar-refractivity contribution in [3.8, 4) is 0 Å². The summed E-state index contributed by atoms with van der Waals surface area (Å²) in [6.07, 6.45) is 6.16. The molecule has 0 bridgehead atoms. The van der Waals surface area contributed by atoms with Crippen LogP contribution in [0.2, 0.25) is 0 Å². The van der Waals surface area contributed by atoms with E-state index in [9.17, 15) is 4.79 Å². The third-order valence-electron chi connectivity index (χ3n) is 3.97. The van der Waals surface area contributed by atoms with Gasteiger partial charge in [-0.15, -0.1) is 0 Å². The molecule has 1 amide bonds. The number of aromatic nitrogens is 3. The fourth-order valence-electron chi connectivity index (χ4n) is 2.97. The second-order valence-corrected chi connectivity index (χ2v) is 5.17. The van der Waals surface area contributed by atoms with E-state index in [1.807, 2.05) is 4.90 Å². The van der Waals surface area contributed by atoms with Crippen LogP contribution in [0.3, 0.4) is 0 Å². The minimum atomic E-state index is 0.238. The van der Waals surface area contributed by atoms with Crippen LogP contribution in [0, 0.1) is 5.92 Å². The number of carbonyl (C=O) groups is 1. The number of amides is 1. The maximum Gasteiger partial charge on any atom is 0.224 e. The molecule has 1 aromatic heterocycles. The van der Waals surface area contributed by atoms with Gasteiger partial charge in [0, 0.05) is 25.6 Å². The Bertz CT molecular complexity index is 391. The van der Waals surface area contributed by atoms with Crippen LogP contribution in [-0.4, -0.2) is 51.2 Å². The summed E-state index contributed by atoms with van der Waals surface area (Å²) in [5.41, 5.74) is 0. The van der Waals surface area contributed by atoms with Gasteiger partial charge in [0.1, 0.15) is 12.7 Å². The van der Waals surface area contributed by atoms with Gasteiger partial charge in [-0.1, -0.05) is 0 Å². The molecule has 1 N–H and O–H groups in total. The van der Waals surface area contributed by atoms with E-state index in [0.29, 0.717) is 24.9 Å². The number of fused-ring (bicyclic) bond motifs is 1.